The Kier molecular flexibility index (Phi) is 8.09. The third-order valence-corrected chi connectivity index (χ3v) is 3.43. The van der Waals surface area contributed by atoms with Crippen LogP contribution >= 0.6 is 11.8 Å². The quantitative estimate of drug-likeness (QED) is 0.553. The first kappa shape index (κ1) is 15.5. The molecule has 0 spiro atoms. The third kappa shape index (κ3) is 6.40. The molecule has 1 aromatic carbocycles. The lowest BCUT2D eigenvalue weighted by atomic mass is 10.1. The van der Waals surface area contributed by atoms with Crippen LogP contribution in [0.3, 0.4) is 0 Å². The Labute approximate surface area is 113 Å². The fraction of sp³-hybridized carbons (Fsp3) is 0.571. The van der Waals surface area contributed by atoms with Crippen molar-refractivity contribution in [3.8, 4) is 0 Å². The fourth-order valence-corrected chi connectivity index (χ4v) is 2.32. The van der Waals surface area contributed by atoms with E-state index in [1.807, 2.05) is 18.2 Å². The molecular formula is C14H22O3S. The minimum absolute atomic E-state index is 0.407. The first-order valence-corrected chi connectivity index (χ1v) is 7.20. The van der Waals surface area contributed by atoms with Gasteiger partial charge in [-0.2, -0.15) is 0 Å². The number of aliphatic hydroxyl groups excluding tert-OH is 1. The summed E-state index contributed by atoms with van der Waals surface area (Å²) in [7, 11) is 1.70. The van der Waals surface area contributed by atoms with Crippen molar-refractivity contribution in [3.05, 3.63) is 29.8 Å². The molecule has 0 saturated heterocycles. The van der Waals surface area contributed by atoms with Gasteiger partial charge >= 0.3 is 0 Å². The monoisotopic (exact) mass is 270 g/mol. The molecule has 1 aromatic rings. The van der Waals surface area contributed by atoms with Crippen molar-refractivity contribution in [1.29, 1.82) is 0 Å². The van der Waals surface area contributed by atoms with Gasteiger partial charge in [-0.25, -0.2) is 0 Å². The zero-order valence-corrected chi connectivity index (χ0v) is 11.9. The molecule has 3 nitrogen and oxygen atoms in total. The molecule has 0 heterocycles. The summed E-state index contributed by atoms with van der Waals surface area (Å²) < 4.78 is 10.4. The first-order valence-electron chi connectivity index (χ1n) is 6.21. The van der Waals surface area contributed by atoms with Crippen LogP contribution in [0, 0.1) is 0 Å². The number of benzene rings is 1. The van der Waals surface area contributed by atoms with Crippen LogP contribution < -0.4 is 0 Å². The summed E-state index contributed by atoms with van der Waals surface area (Å²) in [6.45, 7) is 4.03. The molecule has 0 aliphatic rings. The summed E-state index contributed by atoms with van der Waals surface area (Å²) >= 11 is 1.75. The number of ether oxygens (including phenoxy) is 2. The molecule has 0 amide bonds. The highest BCUT2D eigenvalue weighted by atomic mass is 32.2. The average molecular weight is 270 g/mol. The van der Waals surface area contributed by atoms with Gasteiger partial charge in [0.05, 0.1) is 12.7 Å². The number of hydrogen-bond donors (Lipinski definition) is 1. The Hall–Kier alpha value is -0.550. The summed E-state index contributed by atoms with van der Waals surface area (Å²) in [6.07, 6.45) is 0.537. The Morgan fingerprint density at radius 3 is 2.83 bits per heavy atom. The van der Waals surface area contributed by atoms with E-state index in [0.29, 0.717) is 0 Å². The molecule has 0 aliphatic heterocycles. The van der Waals surface area contributed by atoms with Gasteiger partial charge in [0.2, 0.25) is 0 Å². The summed E-state index contributed by atoms with van der Waals surface area (Å²) in [5.74, 6) is 0.927. The van der Waals surface area contributed by atoms with Crippen LogP contribution in [0.15, 0.2) is 29.2 Å². The first-order chi connectivity index (χ1) is 8.74. The van der Waals surface area contributed by atoms with E-state index in [2.05, 4.69) is 6.07 Å². The molecule has 0 fully saturated rings. The second-order valence-corrected chi connectivity index (χ2v) is 5.22. The standard InChI is InChI=1S/C14H22O3S/c1-12(15)13-5-3-6-14(11-13)18-10-9-17-8-4-7-16-2/h3,5-6,11-12,15H,4,7-10H2,1-2H3. The van der Waals surface area contributed by atoms with Crippen LogP contribution in [0.1, 0.15) is 25.0 Å². The third-order valence-electron chi connectivity index (χ3n) is 2.47. The Balaban J connectivity index is 2.17. The van der Waals surface area contributed by atoms with Crippen molar-refractivity contribution in [2.45, 2.75) is 24.3 Å². The van der Waals surface area contributed by atoms with Gasteiger partial charge in [-0.15, -0.1) is 11.8 Å². The van der Waals surface area contributed by atoms with Gasteiger partial charge in [0.1, 0.15) is 0 Å². The Morgan fingerprint density at radius 2 is 2.11 bits per heavy atom. The lowest BCUT2D eigenvalue weighted by Crippen LogP contribution is -2.02. The molecule has 0 bridgehead atoms. The number of hydrogen-bond acceptors (Lipinski definition) is 4. The van der Waals surface area contributed by atoms with E-state index in [1.165, 1.54) is 4.90 Å². The summed E-state index contributed by atoms with van der Waals surface area (Å²) in [6, 6.07) is 8.00. The highest BCUT2D eigenvalue weighted by Gasteiger charge is 2.01. The van der Waals surface area contributed by atoms with Crippen LogP contribution in [0.4, 0.5) is 0 Å². The van der Waals surface area contributed by atoms with Crippen molar-refractivity contribution in [2.75, 3.05) is 32.7 Å². The smallest absolute Gasteiger partial charge is 0.0762 e. The van der Waals surface area contributed by atoms with E-state index in [9.17, 15) is 5.11 Å². The van der Waals surface area contributed by atoms with Gasteiger partial charge in [0.25, 0.3) is 0 Å². The molecule has 1 N–H and O–H groups in total. The maximum atomic E-state index is 9.49. The van der Waals surface area contributed by atoms with Gasteiger partial charge in [0.15, 0.2) is 0 Å². The number of thioether (sulfide) groups is 1. The molecule has 0 aromatic heterocycles. The maximum absolute atomic E-state index is 9.49. The minimum Gasteiger partial charge on any atom is -0.389 e. The molecule has 1 atom stereocenters. The van der Waals surface area contributed by atoms with Crippen molar-refractivity contribution in [3.63, 3.8) is 0 Å². The van der Waals surface area contributed by atoms with Gasteiger partial charge < -0.3 is 14.6 Å². The van der Waals surface area contributed by atoms with Gasteiger partial charge in [-0.05, 0) is 31.0 Å². The van der Waals surface area contributed by atoms with E-state index in [4.69, 9.17) is 9.47 Å². The summed E-state index contributed by atoms with van der Waals surface area (Å²) in [5, 5.41) is 9.49. The Bertz CT molecular complexity index is 329. The Morgan fingerprint density at radius 1 is 1.28 bits per heavy atom. The molecule has 1 rings (SSSR count). The predicted molar refractivity (Wildman–Crippen MR) is 75.1 cm³/mol. The second-order valence-electron chi connectivity index (χ2n) is 4.06. The SMILES string of the molecule is COCCCOCCSc1cccc(C(C)O)c1. The van der Waals surface area contributed by atoms with E-state index in [-0.39, 0.29) is 0 Å². The van der Waals surface area contributed by atoms with Crippen LogP contribution in [0.2, 0.25) is 0 Å². The van der Waals surface area contributed by atoms with Gasteiger partial charge in [-0.3, -0.25) is 0 Å². The van der Waals surface area contributed by atoms with Crippen molar-refractivity contribution >= 4 is 11.8 Å². The van der Waals surface area contributed by atoms with Crippen LogP contribution in [-0.4, -0.2) is 37.8 Å². The minimum atomic E-state index is -0.407. The van der Waals surface area contributed by atoms with Crippen molar-refractivity contribution in [2.24, 2.45) is 0 Å². The van der Waals surface area contributed by atoms with Gasteiger partial charge in [-0.1, -0.05) is 12.1 Å². The molecule has 0 saturated carbocycles. The van der Waals surface area contributed by atoms with Gasteiger partial charge in [0, 0.05) is 31.0 Å². The zero-order chi connectivity index (χ0) is 13.2. The number of methoxy groups -OCH3 is 1. The molecule has 18 heavy (non-hydrogen) atoms. The molecule has 102 valence electrons. The lowest BCUT2D eigenvalue weighted by Gasteiger charge is -2.07. The normalized spacial score (nSPS) is 12.6. The van der Waals surface area contributed by atoms with Crippen molar-refractivity contribution in [1.82, 2.24) is 0 Å². The summed E-state index contributed by atoms with van der Waals surface area (Å²) in [5.41, 5.74) is 0.959. The van der Waals surface area contributed by atoms with E-state index >= 15 is 0 Å². The highest BCUT2D eigenvalue weighted by molar-refractivity contribution is 7.99. The van der Waals surface area contributed by atoms with Crippen LogP contribution in [-0.2, 0) is 9.47 Å². The highest BCUT2D eigenvalue weighted by Crippen LogP contribution is 2.22. The second kappa shape index (κ2) is 9.39. The van der Waals surface area contributed by atoms with E-state index < -0.39 is 6.10 Å². The zero-order valence-electron chi connectivity index (χ0n) is 11.1. The molecule has 0 aliphatic carbocycles. The predicted octanol–water partition coefficient (Wildman–Crippen LogP) is 2.89. The lowest BCUT2D eigenvalue weighted by molar-refractivity contribution is 0.113. The number of rotatable bonds is 9. The molecule has 4 heteroatoms. The van der Waals surface area contributed by atoms with E-state index in [1.54, 1.807) is 25.8 Å². The topological polar surface area (TPSA) is 38.7 Å². The maximum Gasteiger partial charge on any atom is 0.0762 e. The molecule has 1 unspecified atom stereocenters. The molecular weight excluding hydrogens is 248 g/mol. The largest absolute Gasteiger partial charge is 0.389 e. The molecule has 0 radical (unpaired) electrons. The van der Waals surface area contributed by atoms with Crippen molar-refractivity contribution < 1.29 is 14.6 Å². The summed E-state index contributed by atoms with van der Waals surface area (Å²) in [4.78, 5) is 1.17. The fourth-order valence-electron chi connectivity index (χ4n) is 1.49. The van der Waals surface area contributed by atoms with Crippen LogP contribution in [0.5, 0.6) is 0 Å². The number of aliphatic hydroxyl groups is 1. The van der Waals surface area contributed by atoms with Crippen LogP contribution in [0.25, 0.3) is 0 Å². The van der Waals surface area contributed by atoms with E-state index in [0.717, 1.165) is 37.6 Å². The average Bonchev–Trinajstić information content (AvgIpc) is 2.38.